The number of unbranched alkanes of at least 4 members (excludes halogenated alkanes) is 1. The van der Waals surface area contributed by atoms with Crippen LogP contribution >= 0.6 is 0 Å². The van der Waals surface area contributed by atoms with Crippen molar-refractivity contribution in [1.82, 2.24) is 4.98 Å². The van der Waals surface area contributed by atoms with Crippen LogP contribution < -0.4 is 10.2 Å². The number of anilines is 2. The number of nitrogens with one attached hydrogen (secondary N) is 1. The van der Waals surface area contributed by atoms with E-state index < -0.39 is 29.0 Å². The molecular formula is C17H18F3N3O. The number of amides is 1. The second kappa shape index (κ2) is 7.81. The Labute approximate surface area is 138 Å². The Morgan fingerprint density at radius 3 is 2.67 bits per heavy atom. The quantitative estimate of drug-likeness (QED) is 0.811. The molecule has 1 N–H and O–H groups in total. The Morgan fingerprint density at radius 1 is 1.21 bits per heavy atom. The molecule has 0 saturated heterocycles. The third kappa shape index (κ3) is 4.04. The van der Waals surface area contributed by atoms with Crippen molar-refractivity contribution in [3.8, 4) is 0 Å². The van der Waals surface area contributed by atoms with E-state index in [2.05, 4.69) is 17.2 Å². The van der Waals surface area contributed by atoms with Gasteiger partial charge in [0.2, 0.25) is 0 Å². The highest BCUT2D eigenvalue weighted by Gasteiger charge is 2.17. The number of halogens is 3. The maximum absolute atomic E-state index is 13.6. The highest BCUT2D eigenvalue weighted by atomic mass is 19.2. The molecule has 1 amide bonds. The van der Waals surface area contributed by atoms with E-state index in [4.69, 9.17) is 0 Å². The molecule has 0 spiro atoms. The molecule has 0 aliphatic heterocycles. The van der Waals surface area contributed by atoms with Crippen molar-refractivity contribution < 1.29 is 18.0 Å². The van der Waals surface area contributed by atoms with Crippen LogP contribution in [-0.2, 0) is 0 Å². The number of carbonyl (C=O) groups excluding carboxylic acids is 1. The fourth-order valence-corrected chi connectivity index (χ4v) is 2.11. The molecule has 1 heterocycles. The van der Waals surface area contributed by atoms with E-state index in [-0.39, 0.29) is 5.69 Å². The minimum Gasteiger partial charge on any atom is -0.374 e. The normalized spacial score (nSPS) is 10.5. The predicted octanol–water partition coefficient (Wildman–Crippen LogP) is 3.99. The van der Waals surface area contributed by atoms with Crippen LogP contribution in [0.3, 0.4) is 0 Å². The van der Waals surface area contributed by atoms with Crippen molar-refractivity contribution in [3.63, 3.8) is 0 Å². The minimum absolute atomic E-state index is 0.0555. The monoisotopic (exact) mass is 337 g/mol. The first-order chi connectivity index (χ1) is 11.4. The number of hydrogen-bond donors (Lipinski definition) is 1. The Bertz CT molecular complexity index is 737. The lowest BCUT2D eigenvalue weighted by Crippen LogP contribution is -2.20. The summed E-state index contributed by atoms with van der Waals surface area (Å²) in [5.74, 6) is -5.10. The molecule has 0 unspecified atom stereocenters. The second-order valence-electron chi connectivity index (χ2n) is 5.35. The third-order valence-corrected chi connectivity index (χ3v) is 3.55. The Balaban J connectivity index is 2.17. The standard InChI is InChI=1S/C17H18F3N3O/c1-3-4-9-23(2)11-7-8-21-14(10-11)17(24)22-13-6-5-12(18)15(19)16(13)20/h5-8,10H,3-4,9H2,1-2H3,(H,22,24). The van der Waals surface area contributed by atoms with Crippen molar-refractivity contribution in [1.29, 1.82) is 0 Å². The van der Waals surface area contributed by atoms with Gasteiger partial charge in [-0.3, -0.25) is 9.78 Å². The number of rotatable bonds is 6. The van der Waals surface area contributed by atoms with Gasteiger partial charge in [0.1, 0.15) is 5.69 Å². The van der Waals surface area contributed by atoms with Crippen LogP contribution in [0, 0.1) is 17.5 Å². The van der Waals surface area contributed by atoms with Crippen molar-refractivity contribution in [2.45, 2.75) is 19.8 Å². The molecule has 24 heavy (non-hydrogen) atoms. The molecule has 2 rings (SSSR count). The van der Waals surface area contributed by atoms with Gasteiger partial charge in [-0.15, -0.1) is 0 Å². The summed E-state index contributed by atoms with van der Waals surface area (Å²) < 4.78 is 39.8. The molecule has 0 saturated carbocycles. The van der Waals surface area contributed by atoms with E-state index in [9.17, 15) is 18.0 Å². The SMILES string of the molecule is CCCCN(C)c1ccnc(C(=O)Nc2ccc(F)c(F)c2F)c1. The van der Waals surface area contributed by atoms with Crippen molar-refractivity contribution in [2.24, 2.45) is 0 Å². The lowest BCUT2D eigenvalue weighted by Gasteiger charge is -2.19. The van der Waals surface area contributed by atoms with E-state index >= 15 is 0 Å². The third-order valence-electron chi connectivity index (χ3n) is 3.55. The first-order valence-corrected chi connectivity index (χ1v) is 7.56. The van der Waals surface area contributed by atoms with Crippen LogP contribution in [0.25, 0.3) is 0 Å². The number of benzene rings is 1. The molecule has 0 atom stereocenters. The largest absolute Gasteiger partial charge is 0.374 e. The summed E-state index contributed by atoms with van der Waals surface area (Å²) in [6, 6.07) is 5.02. The van der Waals surface area contributed by atoms with Crippen molar-refractivity contribution in [3.05, 3.63) is 53.6 Å². The Morgan fingerprint density at radius 2 is 1.96 bits per heavy atom. The lowest BCUT2D eigenvalue weighted by molar-refractivity contribution is 0.102. The molecular weight excluding hydrogens is 319 g/mol. The fraction of sp³-hybridized carbons (Fsp3) is 0.294. The van der Waals surface area contributed by atoms with Gasteiger partial charge in [-0.25, -0.2) is 13.2 Å². The first kappa shape index (κ1) is 17.8. The van der Waals surface area contributed by atoms with Crippen LogP contribution in [0.4, 0.5) is 24.5 Å². The summed E-state index contributed by atoms with van der Waals surface area (Å²) >= 11 is 0. The predicted molar refractivity (Wildman–Crippen MR) is 86.7 cm³/mol. The van der Waals surface area contributed by atoms with E-state index in [1.807, 2.05) is 11.9 Å². The van der Waals surface area contributed by atoms with E-state index in [1.54, 1.807) is 12.1 Å². The van der Waals surface area contributed by atoms with Gasteiger partial charge in [0.05, 0.1) is 5.69 Å². The maximum Gasteiger partial charge on any atom is 0.274 e. The van der Waals surface area contributed by atoms with Crippen LogP contribution in [0.5, 0.6) is 0 Å². The smallest absolute Gasteiger partial charge is 0.274 e. The molecule has 0 fully saturated rings. The molecule has 4 nitrogen and oxygen atoms in total. The molecule has 0 radical (unpaired) electrons. The first-order valence-electron chi connectivity index (χ1n) is 7.56. The van der Waals surface area contributed by atoms with E-state index in [0.717, 1.165) is 37.2 Å². The molecule has 1 aromatic heterocycles. The topological polar surface area (TPSA) is 45.2 Å². The highest BCUT2D eigenvalue weighted by Crippen LogP contribution is 2.21. The summed E-state index contributed by atoms with van der Waals surface area (Å²) in [5.41, 5.74) is 0.403. The van der Waals surface area contributed by atoms with Gasteiger partial charge in [0.25, 0.3) is 5.91 Å². The summed E-state index contributed by atoms with van der Waals surface area (Å²) in [6.45, 7) is 2.90. The van der Waals surface area contributed by atoms with E-state index in [0.29, 0.717) is 0 Å². The number of aromatic nitrogens is 1. The molecule has 0 aliphatic carbocycles. The van der Waals surface area contributed by atoms with Crippen molar-refractivity contribution in [2.75, 3.05) is 23.8 Å². The Kier molecular flexibility index (Phi) is 5.78. The molecule has 7 heteroatoms. The summed E-state index contributed by atoms with van der Waals surface area (Å²) in [7, 11) is 1.89. The number of hydrogen-bond acceptors (Lipinski definition) is 3. The summed E-state index contributed by atoms with van der Waals surface area (Å²) in [4.78, 5) is 18.1. The lowest BCUT2D eigenvalue weighted by atomic mass is 10.2. The van der Waals surface area contributed by atoms with Gasteiger partial charge in [-0.2, -0.15) is 0 Å². The van der Waals surface area contributed by atoms with E-state index in [1.165, 1.54) is 6.20 Å². The van der Waals surface area contributed by atoms with Crippen LogP contribution in [0.1, 0.15) is 30.3 Å². The number of carbonyl (C=O) groups is 1. The second-order valence-corrected chi connectivity index (χ2v) is 5.35. The maximum atomic E-state index is 13.6. The molecule has 1 aromatic carbocycles. The molecule has 2 aromatic rings. The average molecular weight is 337 g/mol. The van der Waals surface area contributed by atoms with Gasteiger partial charge in [-0.05, 0) is 30.7 Å². The van der Waals surface area contributed by atoms with Crippen LogP contribution in [0.2, 0.25) is 0 Å². The summed E-state index contributed by atoms with van der Waals surface area (Å²) in [5, 5.41) is 2.20. The summed E-state index contributed by atoms with van der Waals surface area (Å²) in [6.07, 6.45) is 3.51. The van der Waals surface area contributed by atoms with Gasteiger partial charge in [-0.1, -0.05) is 13.3 Å². The Hall–Kier alpha value is -2.57. The minimum atomic E-state index is -1.63. The highest BCUT2D eigenvalue weighted by molar-refractivity contribution is 6.03. The van der Waals surface area contributed by atoms with Crippen LogP contribution in [0.15, 0.2) is 30.5 Å². The van der Waals surface area contributed by atoms with Crippen LogP contribution in [-0.4, -0.2) is 24.5 Å². The van der Waals surface area contributed by atoms with Gasteiger partial charge in [0, 0.05) is 25.5 Å². The zero-order valence-electron chi connectivity index (χ0n) is 13.4. The molecule has 128 valence electrons. The van der Waals surface area contributed by atoms with Gasteiger partial charge >= 0.3 is 0 Å². The zero-order valence-corrected chi connectivity index (χ0v) is 13.4. The number of pyridine rings is 1. The van der Waals surface area contributed by atoms with Gasteiger partial charge < -0.3 is 10.2 Å². The zero-order chi connectivity index (χ0) is 17.7. The number of nitrogens with zero attached hydrogens (tertiary/aromatic N) is 2. The average Bonchev–Trinajstić information content (AvgIpc) is 2.60. The molecule has 0 bridgehead atoms. The van der Waals surface area contributed by atoms with Crippen molar-refractivity contribution >= 4 is 17.3 Å². The fourth-order valence-electron chi connectivity index (χ4n) is 2.11. The molecule has 0 aliphatic rings. The van der Waals surface area contributed by atoms with Gasteiger partial charge in [0.15, 0.2) is 17.5 Å².